The van der Waals surface area contributed by atoms with E-state index < -0.39 is 0 Å². The summed E-state index contributed by atoms with van der Waals surface area (Å²) in [5.74, 6) is 1.44. The summed E-state index contributed by atoms with van der Waals surface area (Å²) in [6, 6.07) is 21.7. The zero-order valence-electron chi connectivity index (χ0n) is 15.1. The Hall–Kier alpha value is -2.69. The molecule has 0 aromatic heterocycles. The molecule has 2 atom stereocenters. The fourth-order valence-corrected chi connectivity index (χ4v) is 3.52. The highest BCUT2D eigenvalue weighted by Gasteiger charge is 2.31. The normalized spacial score (nSPS) is 18.3. The zero-order chi connectivity index (χ0) is 18.8. The van der Waals surface area contributed by atoms with Crippen molar-refractivity contribution in [2.45, 2.75) is 12.3 Å². The van der Waals surface area contributed by atoms with Crippen molar-refractivity contribution in [1.82, 2.24) is 0 Å². The van der Waals surface area contributed by atoms with Crippen LogP contribution in [-0.2, 0) is 4.74 Å². The molecular weight excluding hydrogens is 362 g/mol. The van der Waals surface area contributed by atoms with Crippen LogP contribution < -0.4 is 14.8 Å². The zero-order valence-corrected chi connectivity index (χ0v) is 15.9. The highest BCUT2D eigenvalue weighted by atomic mass is 35.5. The third-order valence-corrected chi connectivity index (χ3v) is 4.92. The van der Waals surface area contributed by atoms with E-state index in [0.717, 1.165) is 28.1 Å². The van der Waals surface area contributed by atoms with Crippen molar-refractivity contribution >= 4 is 17.3 Å². The smallest absolute Gasteiger partial charge is 0.158 e. The molecule has 4 nitrogen and oxygen atoms in total. The van der Waals surface area contributed by atoms with Gasteiger partial charge in [0.05, 0.1) is 14.2 Å². The molecule has 1 aliphatic rings. The molecule has 0 spiro atoms. The van der Waals surface area contributed by atoms with Crippen LogP contribution in [0.1, 0.15) is 29.0 Å². The van der Waals surface area contributed by atoms with E-state index in [1.165, 1.54) is 0 Å². The van der Waals surface area contributed by atoms with Gasteiger partial charge >= 0.3 is 0 Å². The first kappa shape index (κ1) is 17.7. The number of benzene rings is 3. The second-order valence-electron chi connectivity index (χ2n) is 6.29. The van der Waals surface area contributed by atoms with Crippen LogP contribution in [0.5, 0.6) is 11.5 Å². The molecule has 1 aliphatic heterocycles. The lowest BCUT2D eigenvalue weighted by Gasteiger charge is -2.35. The topological polar surface area (TPSA) is 39.7 Å². The van der Waals surface area contributed by atoms with Gasteiger partial charge in [-0.1, -0.05) is 41.9 Å². The van der Waals surface area contributed by atoms with E-state index in [0.29, 0.717) is 10.8 Å². The Balaban J connectivity index is 1.78. The standard InChI is InChI=1S/C22H20ClNO3/c1-25-16-9-10-17(20(13-16)26-2)22-24-19-11-8-15(23)12-18(19)21(27-22)14-6-4-3-5-7-14/h3-13,21-22,24H,1-2H3/t21-,22+/m1/s1. The molecular formula is C22H20ClNO3. The molecule has 3 aromatic carbocycles. The van der Waals surface area contributed by atoms with Crippen LogP contribution in [0.4, 0.5) is 5.69 Å². The van der Waals surface area contributed by atoms with Crippen LogP contribution in [0, 0.1) is 0 Å². The number of fused-ring (bicyclic) bond motifs is 1. The molecule has 0 radical (unpaired) electrons. The Morgan fingerprint density at radius 3 is 2.44 bits per heavy atom. The largest absolute Gasteiger partial charge is 0.497 e. The molecule has 4 rings (SSSR count). The average Bonchev–Trinajstić information content (AvgIpc) is 2.73. The molecule has 1 N–H and O–H groups in total. The molecule has 0 amide bonds. The first-order valence-corrected chi connectivity index (χ1v) is 9.05. The summed E-state index contributed by atoms with van der Waals surface area (Å²) in [6.45, 7) is 0. The second kappa shape index (κ2) is 7.51. The van der Waals surface area contributed by atoms with Crippen LogP contribution in [0.2, 0.25) is 5.02 Å². The van der Waals surface area contributed by atoms with Crippen molar-refractivity contribution in [2.24, 2.45) is 0 Å². The highest BCUT2D eigenvalue weighted by Crippen LogP contribution is 2.44. The molecule has 138 valence electrons. The van der Waals surface area contributed by atoms with Crippen molar-refractivity contribution in [3.8, 4) is 11.5 Å². The molecule has 5 heteroatoms. The van der Waals surface area contributed by atoms with Gasteiger partial charge in [-0.25, -0.2) is 0 Å². The summed E-state index contributed by atoms with van der Waals surface area (Å²) in [6.07, 6.45) is -0.609. The maximum atomic E-state index is 6.47. The van der Waals surface area contributed by atoms with Crippen LogP contribution in [0.15, 0.2) is 66.7 Å². The van der Waals surface area contributed by atoms with Crippen LogP contribution in [-0.4, -0.2) is 14.2 Å². The number of methoxy groups -OCH3 is 2. The number of rotatable bonds is 4. The number of hydrogen-bond acceptors (Lipinski definition) is 4. The highest BCUT2D eigenvalue weighted by molar-refractivity contribution is 6.30. The maximum absolute atomic E-state index is 6.47. The second-order valence-corrected chi connectivity index (χ2v) is 6.73. The number of hydrogen-bond donors (Lipinski definition) is 1. The number of anilines is 1. The van der Waals surface area contributed by atoms with Crippen molar-refractivity contribution in [2.75, 3.05) is 19.5 Å². The summed E-state index contributed by atoms with van der Waals surface area (Å²) in [7, 11) is 3.28. The summed E-state index contributed by atoms with van der Waals surface area (Å²) < 4.78 is 17.3. The fourth-order valence-electron chi connectivity index (χ4n) is 3.34. The maximum Gasteiger partial charge on any atom is 0.158 e. The lowest BCUT2D eigenvalue weighted by molar-refractivity contribution is 0.0145. The van der Waals surface area contributed by atoms with Gasteiger partial charge in [-0.3, -0.25) is 0 Å². The van der Waals surface area contributed by atoms with Gasteiger partial charge in [0, 0.05) is 27.9 Å². The predicted octanol–water partition coefficient (Wildman–Crippen LogP) is 5.59. The van der Waals surface area contributed by atoms with Crippen LogP contribution >= 0.6 is 11.6 Å². The molecule has 0 bridgehead atoms. The monoisotopic (exact) mass is 381 g/mol. The van der Waals surface area contributed by atoms with Crippen molar-refractivity contribution in [1.29, 1.82) is 0 Å². The van der Waals surface area contributed by atoms with Gasteiger partial charge in [0.15, 0.2) is 6.23 Å². The molecule has 0 aliphatic carbocycles. The van der Waals surface area contributed by atoms with E-state index in [-0.39, 0.29) is 12.3 Å². The minimum absolute atomic E-state index is 0.238. The summed E-state index contributed by atoms with van der Waals surface area (Å²) in [4.78, 5) is 0. The van der Waals surface area contributed by atoms with E-state index in [1.807, 2.05) is 54.6 Å². The van der Waals surface area contributed by atoms with Crippen molar-refractivity contribution in [3.63, 3.8) is 0 Å². The molecule has 3 aromatic rings. The Labute approximate surface area is 163 Å². The van der Waals surface area contributed by atoms with Gasteiger partial charge in [-0.2, -0.15) is 0 Å². The lowest BCUT2D eigenvalue weighted by atomic mass is 9.97. The van der Waals surface area contributed by atoms with Crippen molar-refractivity contribution in [3.05, 3.63) is 88.4 Å². The molecule has 27 heavy (non-hydrogen) atoms. The summed E-state index contributed by atoms with van der Waals surface area (Å²) in [5.41, 5.74) is 3.97. The molecule has 0 fully saturated rings. The molecule has 0 saturated carbocycles. The third-order valence-electron chi connectivity index (χ3n) is 4.68. The van der Waals surface area contributed by atoms with Gasteiger partial charge in [-0.15, -0.1) is 0 Å². The average molecular weight is 382 g/mol. The summed E-state index contributed by atoms with van der Waals surface area (Å²) in [5, 5.41) is 4.13. The van der Waals surface area contributed by atoms with Crippen LogP contribution in [0.25, 0.3) is 0 Å². The molecule has 0 saturated heterocycles. The van der Waals surface area contributed by atoms with E-state index in [1.54, 1.807) is 14.2 Å². The number of ether oxygens (including phenoxy) is 3. The van der Waals surface area contributed by atoms with Gasteiger partial charge in [-0.05, 0) is 35.9 Å². The Morgan fingerprint density at radius 2 is 1.70 bits per heavy atom. The Kier molecular flexibility index (Phi) is 4.92. The number of halogens is 1. The van der Waals surface area contributed by atoms with E-state index in [2.05, 4.69) is 17.4 Å². The Morgan fingerprint density at radius 1 is 0.889 bits per heavy atom. The molecule has 0 unspecified atom stereocenters. The predicted molar refractivity (Wildman–Crippen MR) is 107 cm³/mol. The van der Waals surface area contributed by atoms with Gasteiger partial charge in [0.2, 0.25) is 0 Å². The third kappa shape index (κ3) is 3.46. The van der Waals surface area contributed by atoms with Gasteiger partial charge in [0.25, 0.3) is 0 Å². The quantitative estimate of drug-likeness (QED) is 0.639. The van der Waals surface area contributed by atoms with Gasteiger partial charge in [0.1, 0.15) is 17.6 Å². The molecule has 1 heterocycles. The van der Waals surface area contributed by atoms with Crippen LogP contribution in [0.3, 0.4) is 0 Å². The first-order valence-electron chi connectivity index (χ1n) is 8.68. The number of nitrogens with one attached hydrogen (secondary N) is 1. The van der Waals surface area contributed by atoms with E-state index >= 15 is 0 Å². The first-order chi connectivity index (χ1) is 13.2. The SMILES string of the molecule is COc1ccc([C@H]2Nc3ccc(Cl)cc3[C@@H](c3ccccc3)O2)c(OC)c1. The minimum Gasteiger partial charge on any atom is -0.497 e. The van der Waals surface area contributed by atoms with E-state index in [9.17, 15) is 0 Å². The lowest BCUT2D eigenvalue weighted by Crippen LogP contribution is -2.25. The van der Waals surface area contributed by atoms with E-state index in [4.69, 9.17) is 25.8 Å². The van der Waals surface area contributed by atoms with Gasteiger partial charge < -0.3 is 19.5 Å². The Bertz CT molecular complexity index is 946. The fraction of sp³-hybridized carbons (Fsp3) is 0.182. The van der Waals surface area contributed by atoms with Crippen molar-refractivity contribution < 1.29 is 14.2 Å². The minimum atomic E-state index is -0.371. The summed E-state index contributed by atoms with van der Waals surface area (Å²) >= 11 is 6.25.